The number of rotatable bonds is 4. The zero-order chi connectivity index (χ0) is 13.1. The predicted octanol–water partition coefficient (Wildman–Crippen LogP) is 5.17. The van der Waals surface area contributed by atoms with E-state index >= 15 is 0 Å². The van der Waals surface area contributed by atoms with Gasteiger partial charge in [0.05, 0.1) is 10.4 Å². The Morgan fingerprint density at radius 2 is 2.11 bits per heavy atom. The van der Waals surface area contributed by atoms with E-state index in [4.69, 9.17) is 11.6 Å². The molecule has 1 aromatic carbocycles. The quantitative estimate of drug-likeness (QED) is 0.806. The standard InChI is InChI=1S/C14H15BrClNS/c1-3-17-14(12-6-7-13(16)18-12)10-5-4-9(2)11(15)8-10/h4-8,14,17H,3H2,1-2H3. The van der Waals surface area contributed by atoms with E-state index in [1.807, 2.05) is 6.07 Å². The van der Waals surface area contributed by atoms with Crippen molar-refractivity contribution >= 4 is 38.9 Å². The number of benzene rings is 1. The SMILES string of the molecule is CCNC(c1ccc(C)c(Br)c1)c1ccc(Cl)s1. The number of hydrogen-bond donors (Lipinski definition) is 1. The number of halogens is 2. The Morgan fingerprint density at radius 1 is 1.33 bits per heavy atom. The van der Waals surface area contributed by atoms with Crippen LogP contribution in [0.5, 0.6) is 0 Å². The molecule has 0 saturated heterocycles. The molecule has 0 aliphatic carbocycles. The van der Waals surface area contributed by atoms with Crippen LogP contribution in [0.1, 0.15) is 29.0 Å². The third-order valence-corrected chi connectivity index (χ3v) is 4.97. The number of thiophene rings is 1. The molecule has 1 nitrogen and oxygen atoms in total. The van der Waals surface area contributed by atoms with Gasteiger partial charge in [-0.05, 0) is 42.8 Å². The first-order chi connectivity index (χ1) is 8.61. The largest absolute Gasteiger partial charge is 0.306 e. The Hall–Kier alpha value is -0.350. The second-order valence-corrected chi connectivity index (χ2v) is 6.74. The molecule has 0 aliphatic heterocycles. The fourth-order valence-corrected chi connectivity index (χ4v) is 3.42. The average molecular weight is 345 g/mol. The first-order valence-corrected chi connectivity index (χ1v) is 7.85. The van der Waals surface area contributed by atoms with E-state index in [9.17, 15) is 0 Å². The molecule has 1 unspecified atom stereocenters. The van der Waals surface area contributed by atoms with E-state index < -0.39 is 0 Å². The van der Waals surface area contributed by atoms with E-state index in [1.54, 1.807) is 11.3 Å². The van der Waals surface area contributed by atoms with Crippen molar-refractivity contribution in [3.8, 4) is 0 Å². The van der Waals surface area contributed by atoms with E-state index in [1.165, 1.54) is 16.0 Å². The molecular formula is C14H15BrClNS. The molecule has 1 N–H and O–H groups in total. The van der Waals surface area contributed by atoms with Crippen molar-refractivity contribution < 1.29 is 0 Å². The fraction of sp³-hybridized carbons (Fsp3) is 0.286. The molecule has 0 amide bonds. The van der Waals surface area contributed by atoms with E-state index in [0.717, 1.165) is 15.4 Å². The molecule has 18 heavy (non-hydrogen) atoms. The second-order valence-electron chi connectivity index (χ2n) is 4.14. The summed E-state index contributed by atoms with van der Waals surface area (Å²) >= 11 is 11.3. The highest BCUT2D eigenvalue weighted by Gasteiger charge is 2.15. The third kappa shape index (κ3) is 3.15. The first-order valence-electron chi connectivity index (χ1n) is 5.86. The molecule has 2 rings (SSSR count). The van der Waals surface area contributed by atoms with E-state index in [-0.39, 0.29) is 6.04 Å². The van der Waals surface area contributed by atoms with Crippen molar-refractivity contribution in [3.05, 3.63) is 55.1 Å². The molecule has 1 atom stereocenters. The summed E-state index contributed by atoms with van der Waals surface area (Å²) in [6.45, 7) is 5.13. The molecule has 0 saturated carbocycles. The second kappa shape index (κ2) is 6.20. The summed E-state index contributed by atoms with van der Waals surface area (Å²) in [5.41, 5.74) is 2.51. The Morgan fingerprint density at radius 3 is 2.67 bits per heavy atom. The molecule has 1 aromatic heterocycles. The summed E-state index contributed by atoms with van der Waals surface area (Å²) < 4.78 is 1.98. The van der Waals surface area contributed by atoms with Gasteiger partial charge in [0, 0.05) is 9.35 Å². The average Bonchev–Trinajstić information content (AvgIpc) is 2.76. The fourth-order valence-electron chi connectivity index (χ4n) is 1.86. The third-order valence-electron chi connectivity index (χ3n) is 2.82. The summed E-state index contributed by atoms with van der Waals surface area (Å²) in [5.74, 6) is 0. The van der Waals surface area contributed by atoms with Crippen LogP contribution >= 0.6 is 38.9 Å². The van der Waals surface area contributed by atoms with Crippen molar-refractivity contribution in [2.24, 2.45) is 0 Å². The number of aryl methyl sites for hydroxylation is 1. The zero-order valence-corrected chi connectivity index (χ0v) is 13.5. The lowest BCUT2D eigenvalue weighted by atomic mass is 10.0. The topological polar surface area (TPSA) is 12.0 Å². The van der Waals surface area contributed by atoms with Gasteiger partial charge in [-0.1, -0.05) is 46.6 Å². The molecule has 0 radical (unpaired) electrons. The van der Waals surface area contributed by atoms with Gasteiger partial charge in [-0.2, -0.15) is 0 Å². The Labute approximate surface area is 125 Å². The lowest BCUT2D eigenvalue weighted by Gasteiger charge is -2.17. The number of hydrogen-bond acceptors (Lipinski definition) is 2. The first kappa shape index (κ1) is 14.1. The van der Waals surface area contributed by atoms with Gasteiger partial charge < -0.3 is 5.32 Å². The van der Waals surface area contributed by atoms with Crippen molar-refractivity contribution in [1.82, 2.24) is 5.32 Å². The zero-order valence-electron chi connectivity index (χ0n) is 10.3. The Balaban J connectivity index is 2.37. The van der Waals surface area contributed by atoms with Crippen LogP contribution in [0, 0.1) is 6.92 Å². The predicted molar refractivity (Wildman–Crippen MR) is 83.7 cm³/mol. The summed E-state index contributed by atoms with van der Waals surface area (Å²) in [6, 6.07) is 10.7. The Bertz CT molecular complexity index is 538. The summed E-state index contributed by atoms with van der Waals surface area (Å²) in [5, 5.41) is 3.51. The molecular weight excluding hydrogens is 330 g/mol. The molecule has 0 bridgehead atoms. The molecule has 2 aromatic rings. The van der Waals surface area contributed by atoms with Gasteiger partial charge in [-0.3, -0.25) is 0 Å². The van der Waals surface area contributed by atoms with Crippen LogP contribution in [0.25, 0.3) is 0 Å². The lowest BCUT2D eigenvalue weighted by Crippen LogP contribution is -2.21. The van der Waals surface area contributed by atoms with E-state index in [2.05, 4.69) is 59.4 Å². The van der Waals surface area contributed by atoms with Crippen LogP contribution in [-0.2, 0) is 0 Å². The van der Waals surface area contributed by atoms with Gasteiger partial charge in [0.15, 0.2) is 0 Å². The molecule has 96 valence electrons. The van der Waals surface area contributed by atoms with Gasteiger partial charge >= 0.3 is 0 Å². The minimum absolute atomic E-state index is 0.212. The molecule has 0 spiro atoms. The van der Waals surface area contributed by atoms with Crippen molar-refractivity contribution in [2.45, 2.75) is 19.9 Å². The molecule has 4 heteroatoms. The van der Waals surface area contributed by atoms with Crippen LogP contribution in [0.15, 0.2) is 34.8 Å². The molecule has 0 fully saturated rings. The van der Waals surface area contributed by atoms with Crippen LogP contribution in [0.3, 0.4) is 0 Å². The highest BCUT2D eigenvalue weighted by Crippen LogP contribution is 2.32. The maximum absolute atomic E-state index is 6.03. The summed E-state index contributed by atoms with van der Waals surface area (Å²) in [6.07, 6.45) is 0. The number of nitrogens with one attached hydrogen (secondary N) is 1. The van der Waals surface area contributed by atoms with Crippen molar-refractivity contribution in [1.29, 1.82) is 0 Å². The minimum atomic E-state index is 0.212. The van der Waals surface area contributed by atoms with Crippen LogP contribution < -0.4 is 5.32 Å². The Kier molecular flexibility index (Phi) is 4.84. The van der Waals surface area contributed by atoms with E-state index in [0.29, 0.717) is 0 Å². The maximum atomic E-state index is 6.03. The summed E-state index contributed by atoms with van der Waals surface area (Å²) in [4.78, 5) is 1.25. The van der Waals surface area contributed by atoms with Gasteiger partial charge in [-0.15, -0.1) is 11.3 Å². The highest BCUT2D eigenvalue weighted by molar-refractivity contribution is 9.10. The summed E-state index contributed by atoms with van der Waals surface area (Å²) in [7, 11) is 0. The van der Waals surface area contributed by atoms with Crippen molar-refractivity contribution in [2.75, 3.05) is 6.54 Å². The minimum Gasteiger partial charge on any atom is -0.306 e. The maximum Gasteiger partial charge on any atom is 0.0931 e. The lowest BCUT2D eigenvalue weighted by molar-refractivity contribution is 0.639. The van der Waals surface area contributed by atoms with Crippen LogP contribution in [-0.4, -0.2) is 6.54 Å². The van der Waals surface area contributed by atoms with Gasteiger partial charge in [0.25, 0.3) is 0 Å². The smallest absolute Gasteiger partial charge is 0.0931 e. The molecule has 1 heterocycles. The van der Waals surface area contributed by atoms with Crippen LogP contribution in [0.2, 0.25) is 4.34 Å². The van der Waals surface area contributed by atoms with Gasteiger partial charge in [-0.25, -0.2) is 0 Å². The van der Waals surface area contributed by atoms with Gasteiger partial charge in [0.1, 0.15) is 0 Å². The van der Waals surface area contributed by atoms with Gasteiger partial charge in [0.2, 0.25) is 0 Å². The normalized spacial score (nSPS) is 12.7. The monoisotopic (exact) mass is 343 g/mol. The molecule has 0 aliphatic rings. The van der Waals surface area contributed by atoms with Crippen molar-refractivity contribution in [3.63, 3.8) is 0 Å². The van der Waals surface area contributed by atoms with Crippen LogP contribution in [0.4, 0.5) is 0 Å². The highest BCUT2D eigenvalue weighted by atomic mass is 79.9.